The second-order valence-corrected chi connectivity index (χ2v) is 11.4. The van der Waals surface area contributed by atoms with Gasteiger partial charge in [-0.05, 0) is 66.6 Å². The monoisotopic (exact) mass is 406 g/mol. The highest BCUT2D eigenvalue weighted by Crippen LogP contribution is 2.50. The van der Waals surface area contributed by atoms with Crippen molar-refractivity contribution in [2.45, 2.75) is 145 Å². The van der Waals surface area contributed by atoms with Crippen molar-refractivity contribution < 1.29 is 0 Å². The fourth-order valence-corrected chi connectivity index (χ4v) is 6.17. The molecule has 174 valence electrons. The van der Waals surface area contributed by atoms with E-state index < -0.39 is 0 Å². The van der Waals surface area contributed by atoms with Crippen molar-refractivity contribution in [1.82, 2.24) is 0 Å². The third-order valence-electron chi connectivity index (χ3n) is 9.33. The first kappa shape index (κ1) is 27.0. The lowest BCUT2D eigenvalue weighted by Gasteiger charge is -2.47. The average Bonchev–Trinajstić information content (AvgIpc) is 2.77. The highest BCUT2D eigenvalue weighted by Gasteiger charge is 2.40. The lowest BCUT2D eigenvalue weighted by Crippen LogP contribution is -2.37. The van der Waals surface area contributed by atoms with Crippen LogP contribution in [-0.2, 0) is 0 Å². The number of hydrogen-bond donors (Lipinski definition) is 0. The smallest absolute Gasteiger partial charge is 0.0298 e. The fourth-order valence-electron chi connectivity index (χ4n) is 6.17. The van der Waals surface area contributed by atoms with Gasteiger partial charge in [-0.15, -0.1) is 0 Å². The Morgan fingerprint density at radius 3 is 1.21 bits per heavy atom. The predicted octanol–water partition coefficient (Wildman–Crippen LogP) is 10.3. The van der Waals surface area contributed by atoms with E-state index in [1.165, 1.54) is 89.9 Å². The molecular formula is C29H58. The summed E-state index contributed by atoms with van der Waals surface area (Å²) in [5, 5.41) is 0. The van der Waals surface area contributed by atoms with E-state index in [1.54, 1.807) is 0 Å². The molecule has 0 aromatic heterocycles. The van der Waals surface area contributed by atoms with Crippen LogP contribution >= 0.6 is 0 Å². The highest BCUT2D eigenvalue weighted by molar-refractivity contribution is 4.90. The topological polar surface area (TPSA) is 0 Å². The van der Waals surface area contributed by atoms with Gasteiger partial charge in [0, 0.05) is 0 Å². The molecule has 2 saturated carbocycles. The van der Waals surface area contributed by atoms with Crippen molar-refractivity contribution in [2.75, 3.05) is 0 Å². The van der Waals surface area contributed by atoms with Gasteiger partial charge in [-0.2, -0.15) is 0 Å². The first-order chi connectivity index (χ1) is 13.9. The maximum Gasteiger partial charge on any atom is -0.0298 e. The summed E-state index contributed by atoms with van der Waals surface area (Å²) in [6, 6.07) is 0. The molecule has 0 nitrogen and oxygen atoms in total. The van der Waals surface area contributed by atoms with Gasteiger partial charge in [0.1, 0.15) is 0 Å². The predicted molar refractivity (Wildman–Crippen MR) is 133 cm³/mol. The Labute approximate surface area is 186 Å². The molecule has 0 amide bonds. The molecule has 0 saturated heterocycles. The second-order valence-electron chi connectivity index (χ2n) is 11.4. The first-order valence-corrected chi connectivity index (χ1v) is 13.9. The van der Waals surface area contributed by atoms with Crippen LogP contribution in [0.1, 0.15) is 145 Å². The molecule has 0 heterocycles. The van der Waals surface area contributed by atoms with Gasteiger partial charge in [0.15, 0.2) is 0 Å². The van der Waals surface area contributed by atoms with Crippen molar-refractivity contribution in [2.24, 2.45) is 40.9 Å². The first-order valence-electron chi connectivity index (χ1n) is 13.9. The minimum absolute atomic E-state index is 0.587. The molecule has 2 atom stereocenters. The van der Waals surface area contributed by atoms with Crippen LogP contribution in [0.25, 0.3) is 0 Å². The molecule has 0 aliphatic heterocycles. The Morgan fingerprint density at radius 1 is 0.621 bits per heavy atom. The van der Waals surface area contributed by atoms with Crippen LogP contribution in [-0.4, -0.2) is 0 Å². The van der Waals surface area contributed by atoms with E-state index in [2.05, 4.69) is 41.5 Å². The van der Waals surface area contributed by atoms with E-state index in [0.717, 1.165) is 35.5 Å². The Morgan fingerprint density at radius 2 is 0.931 bits per heavy atom. The molecule has 0 heteroatoms. The van der Waals surface area contributed by atoms with E-state index in [4.69, 9.17) is 0 Å². The summed E-state index contributed by atoms with van der Waals surface area (Å²) in [6.45, 7) is 18.9. The summed E-state index contributed by atoms with van der Waals surface area (Å²) in [5.74, 6) is 5.96. The molecular weight excluding hydrogens is 348 g/mol. The van der Waals surface area contributed by atoms with Gasteiger partial charge >= 0.3 is 0 Å². The van der Waals surface area contributed by atoms with Gasteiger partial charge in [-0.1, -0.05) is 120 Å². The summed E-state index contributed by atoms with van der Waals surface area (Å²) in [4.78, 5) is 0. The zero-order chi connectivity index (χ0) is 21.9. The van der Waals surface area contributed by atoms with Crippen molar-refractivity contribution in [3.8, 4) is 0 Å². The summed E-state index contributed by atoms with van der Waals surface area (Å²) in [7, 11) is 0. The zero-order valence-electron chi connectivity index (χ0n) is 21.9. The summed E-state index contributed by atoms with van der Waals surface area (Å²) in [5.41, 5.74) is 0.587. The van der Waals surface area contributed by atoms with Gasteiger partial charge in [0.25, 0.3) is 0 Å². The molecule has 0 radical (unpaired) electrons. The molecule has 0 N–H and O–H groups in total. The van der Waals surface area contributed by atoms with Crippen LogP contribution in [0.15, 0.2) is 0 Å². The molecule has 2 fully saturated rings. The van der Waals surface area contributed by atoms with Crippen LogP contribution < -0.4 is 0 Å². The minimum Gasteiger partial charge on any atom is -0.0683 e. The van der Waals surface area contributed by atoms with Crippen molar-refractivity contribution in [1.29, 1.82) is 0 Å². The molecule has 0 aromatic carbocycles. The third-order valence-corrected chi connectivity index (χ3v) is 9.33. The SMILES string of the molecule is CC.CCC(C)CCC1CCC(C(C)(C)C2CCC(CCC(C)CC)CC2)CC1. The van der Waals surface area contributed by atoms with E-state index in [9.17, 15) is 0 Å². The van der Waals surface area contributed by atoms with E-state index in [-0.39, 0.29) is 0 Å². The largest absolute Gasteiger partial charge is 0.0683 e. The maximum absolute atomic E-state index is 2.64. The van der Waals surface area contributed by atoms with Crippen LogP contribution in [0.3, 0.4) is 0 Å². The van der Waals surface area contributed by atoms with Gasteiger partial charge in [-0.3, -0.25) is 0 Å². The molecule has 0 spiro atoms. The van der Waals surface area contributed by atoms with Gasteiger partial charge in [0.2, 0.25) is 0 Å². The van der Waals surface area contributed by atoms with Crippen molar-refractivity contribution in [3.63, 3.8) is 0 Å². The van der Waals surface area contributed by atoms with Crippen LogP contribution in [0, 0.1) is 40.9 Å². The Balaban J connectivity index is 0.00000204. The second kappa shape index (κ2) is 14.1. The van der Waals surface area contributed by atoms with Crippen molar-refractivity contribution >= 4 is 0 Å². The lowest BCUT2D eigenvalue weighted by molar-refractivity contribution is 0.0360. The van der Waals surface area contributed by atoms with E-state index in [1.807, 2.05) is 13.8 Å². The average molecular weight is 407 g/mol. The van der Waals surface area contributed by atoms with E-state index >= 15 is 0 Å². The van der Waals surface area contributed by atoms with Gasteiger partial charge in [-0.25, -0.2) is 0 Å². The highest BCUT2D eigenvalue weighted by atomic mass is 14.5. The van der Waals surface area contributed by atoms with Gasteiger partial charge in [0.05, 0.1) is 0 Å². The minimum atomic E-state index is 0.587. The van der Waals surface area contributed by atoms with Gasteiger partial charge < -0.3 is 0 Å². The normalized spacial score (nSPS) is 30.2. The number of hydrogen-bond acceptors (Lipinski definition) is 0. The Kier molecular flexibility index (Phi) is 13.2. The Bertz CT molecular complexity index is 343. The van der Waals surface area contributed by atoms with Crippen molar-refractivity contribution in [3.05, 3.63) is 0 Å². The molecule has 0 bridgehead atoms. The molecule has 2 unspecified atom stereocenters. The molecule has 2 aliphatic rings. The number of rotatable bonds is 10. The maximum atomic E-state index is 2.64. The standard InChI is InChI=1S/C27H52.C2H6/c1-7-21(3)9-11-23-13-17-25(18-14-23)27(5,6)26-19-15-24(16-20-26)12-10-22(4)8-2;1-2/h21-26H,7-20H2,1-6H3;1-2H3. The molecule has 0 aromatic rings. The Hall–Kier alpha value is 0. The molecule has 2 aliphatic carbocycles. The quantitative estimate of drug-likeness (QED) is 0.338. The molecule has 29 heavy (non-hydrogen) atoms. The molecule has 2 rings (SSSR count). The van der Waals surface area contributed by atoms with Crippen LogP contribution in [0.2, 0.25) is 0 Å². The summed E-state index contributed by atoms with van der Waals surface area (Å²) in [6.07, 6.45) is 20.8. The zero-order valence-corrected chi connectivity index (χ0v) is 21.9. The summed E-state index contributed by atoms with van der Waals surface area (Å²) >= 11 is 0. The summed E-state index contributed by atoms with van der Waals surface area (Å²) < 4.78 is 0. The lowest BCUT2D eigenvalue weighted by atomic mass is 9.59. The van der Waals surface area contributed by atoms with Crippen LogP contribution in [0.4, 0.5) is 0 Å². The van der Waals surface area contributed by atoms with E-state index in [0.29, 0.717) is 5.41 Å². The fraction of sp³-hybridized carbons (Fsp3) is 1.00. The van der Waals surface area contributed by atoms with Crippen LogP contribution in [0.5, 0.6) is 0 Å². The third kappa shape index (κ3) is 8.95.